The molecule has 29 heavy (non-hydrogen) atoms. The van der Waals surface area contributed by atoms with E-state index >= 15 is 0 Å². The zero-order valence-corrected chi connectivity index (χ0v) is 16.3. The second kappa shape index (κ2) is 8.89. The van der Waals surface area contributed by atoms with Crippen LogP contribution in [0.2, 0.25) is 0 Å². The van der Waals surface area contributed by atoms with Crippen molar-refractivity contribution in [3.63, 3.8) is 0 Å². The fraction of sp³-hybridized carbons (Fsp3) is 0.0833. The Bertz CT molecular complexity index is 1050. The summed E-state index contributed by atoms with van der Waals surface area (Å²) in [7, 11) is 0. The highest BCUT2D eigenvalue weighted by Crippen LogP contribution is 2.35. The second-order valence-corrected chi connectivity index (χ2v) is 6.65. The van der Waals surface area contributed by atoms with Crippen LogP contribution in [-0.2, 0) is 4.79 Å². The van der Waals surface area contributed by atoms with E-state index in [1.54, 1.807) is 26.2 Å². The van der Waals surface area contributed by atoms with E-state index in [2.05, 4.69) is 16.9 Å². The third-order valence-corrected chi connectivity index (χ3v) is 4.28. The van der Waals surface area contributed by atoms with Crippen molar-refractivity contribution < 1.29 is 14.6 Å². The minimum Gasteiger partial charge on any atom is -0.477 e. The molecule has 1 aromatic heterocycles. The summed E-state index contributed by atoms with van der Waals surface area (Å²) in [5.74, 6) is 0.384. The Kier molecular flexibility index (Phi) is 6.09. The molecule has 0 saturated carbocycles. The predicted molar refractivity (Wildman–Crippen MR) is 114 cm³/mol. The Morgan fingerprint density at radius 3 is 2.34 bits per heavy atom. The molecular weight excluding hydrogens is 364 g/mol. The van der Waals surface area contributed by atoms with Crippen molar-refractivity contribution in [1.82, 2.24) is 10.3 Å². The van der Waals surface area contributed by atoms with Crippen LogP contribution in [0.3, 0.4) is 0 Å². The van der Waals surface area contributed by atoms with E-state index in [0.29, 0.717) is 17.0 Å². The van der Waals surface area contributed by atoms with Gasteiger partial charge in [-0.1, -0.05) is 24.8 Å². The molecule has 0 aliphatic rings. The highest BCUT2D eigenvalue weighted by atomic mass is 16.5. The number of aromatic nitrogens is 1. The molecule has 2 N–H and O–H groups in total. The van der Waals surface area contributed by atoms with E-state index in [9.17, 15) is 9.90 Å². The number of pyridine rings is 1. The Hall–Kier alpha value is -3.86. The van der Waals surface area contributed by atoms with Gasteiger partial charge in [-0.15, -0.1) is 0 Å². The van der Waals surface area contributed by atoms with E-state index in [0.717, 1.165) is 22.4 Å². The van der Waals surface area contributed by atoms with Gasteiger partial charge in [-0.25, -0.2) is 4.79 Å². The third kappa shape index (κ3) is 4.90. The summed E-state index contributed by atoms with van der Waals surface area (Å²) in [5, 5.41) is 12.3. The lowest BCUT2D eigenvalue weighted by Gasteiger charge is -2.16. The molecule has 5 nitrogen and oxygen atoms in total. The fourth-order valence-corrected chi connectivity index (χ4v) is 2.79. The summed E-state index contributed by atoms with van der Waals surface area (Å²) in [6.45, 7) is 7.49. The Morgan fingerprint density at radius 1 is 1.03 bits per heavy atom. The lowest BCUT2D eigenvalue weighted by atomic mass is 10.0. The zero-order valence-electron chi connectivity index (χ0n) is 16.3. The summed E-state index contributed by atoms with van der Waals surface area (Å²) in [6, 6.07) is 18.9. The maximum Gasteiger partial charge on any atom is 0.352 e. The molecule has 3 rings (SSSR count). The Balaban J connectivity index is 2.00. The smallest absolute Gasteiger partial charge is 0.352 e. The molecule has 5 heteroatoms. The summed E-state index contributed by atoms with van der Waals surface area (Å²) >= 11 is 0. The molecule has 0 unspecified atom stereocenters. The molecule has 3 aromatic rings. The van der Waals surface area contributed by atoms with E-state index < -0.39 is 5.97 Å². The van der Waals surface area contributed by atoms with Crippen molar-refractivity contribution in [3.05, 3.63) is 96.5 Å². The van der Waals surface area contributed by atoms with Gasteiger partial charge in [0.2, 0.25) is 0 Å². The van der Waals surface area contributed by atoms with Gasteiger partial charge in [0.1, 0.15) is 17.2 Å². The minimum atomic E-state index is -1.02. The molecular formula is C24H22N2O3. The molecule has 0 bridgehead atoms. The van der Waals surface area contributed by atoms with Gasteiger partial charge in [0.25, 0.3) is 0 Å². The number of hydrogen-bond donors (Lipinski definition) is 2. The average Bonchev–Trinajstić information content (AvgIpc) is 2.73. The second-order valence-electron chi connectivity index (χ2n) is 6.65. The Morgan fingerprint density at radius 2 is 1.72 bits per heavy atom. The van der Waals surface area contributed by atoms with Crippen LogP contribution >= 0.6 is 0 Å². The maximum atomic E-state index is 11.5. The van der Waals surface area contributed by atoms with Crippen molar-refractivity contribution in [2.45, 2.75) is 13.8 Å². The van der Waals surface area contributed by atoms with Gasteiger partial charge in [0, 0.05) is 23.7 Å². The number of carboxylic acids is 1. The van der Waals surface area contributed by atoms with Crippen molar-refractivity contribution in [2.75, 3.05) is 0 Å². The number of carbonyl (C=O) groups is 1. The number of nitrogens with zero attached hydrogens (tertiary/aromatic N) is 1. The predicted octanol–water partition coefficient (Wildman–Crippen LogP) is 5.48. The monoisotopic (exact) mass is 386 g/mol. The van der Waals surface area contributed by atoms with Gasteiger partial charge in [0.15, 0.2) is 0 Å². The molecule has 0 amide bonds. The van der Waals surface area contributed by atoms with E-state index in [1.165, 1.54) is 0 Å². The number of para-hydroxylation sites is 1. The number of nitrogens with one attached hydrogen (secondary N) is 1. The number of rotatable bonds is 7. The van der Waals surface area contributed by atoms with E-state index in [-0.39, 0.29) is 5.70 Å². The lowest BCUT2D eigenvalue weighted by Crippen LogP contribution is -2.19. The molecule has 0 aliphatic carbocycles. The number of benzene rings is 2. The van der Waals surface area contributed by atoms with E-state index in [4.69, 9.17) is 4.74 Å². The highest BCUT2D eigenvalue weighted by Gasteiger charge is 2.14. The summed E-state index contributed by atoms with van der Waals surface area (Å²) in [4.78, 5) is 15.5. The van der Waals surface area contributed by atoms with Gasteiger partial charge >= 0.3 is 5.97 Å². The van der Waals surface area contributed by atoms with Crippen LogP contribution in [0.4, 0.5) is 0 Å². The number of allylic oxidation sites excluding steroid dienone is 1. The van der Waals surface area contributed by atoms with Crippen LogP contribution in [0, 0.1) is 0 Å². The van der Waals surface area contributed by atoms with Crippen LogP contribution in [0.15, 0.2) is 90.9 Å². The van der Waals surface area contributed by atoms with Gasteiger partial charge in [-0.05, 0) is 73.0 Å². The molecule has 0 aliphatic heterocycles. The SMILES string of the molecule is C=C(NC(C(=O)O)=C(C)C)c1ccc(Oc2ccccc2)c(-c2ccncc2)c1. The lowest BCUT2D eigenvalue weighted by molar-refractivity contribution is -0.133. The van der Waals surface area contributed by atoms with Crippen LogP contribution < -0.4 is 10.1 Å². The van der Waals surface area contributed by atoms with Crippen LogP contribution in [0.5, 0.6) is 11.5 Å². The van der Waals surface area contributed by atoms with Crippen molar-refractivity contribution in [1.29, 1.82) is 0 Å². The van der Waals surface area contributed by atoms with Gasteiger partial charge in [-0.3, -0.25) is 4.98 Å². The fourth-order valence-electron chi connectivity index (χ4n) is 2.79. The largest absolute Gasteiger partial charge is 0.477 e. The molecule has 1 heterocycles. The first kappa shape index (κ1) is 19.9. The normalized spacial score (nSPS) is 10.1. The molecule has 2 aromatic carbocycles. The van der Waals surface area contributed by atoms with Crippen LogP contribution in [-0.4, -0.2) is 16.1 Å². The number of aliphatic carboxylic acids is 1. The van der Waals surface area contributed by atoms with Crippen LogP contribution in [0.25, 0.3) is 16.8 Å². The number of ether oxygens (including phenoxy) is 1. The van der Waals surface area contributed by atoms with Gasteiger partial charge < -0.3 is 15.2 Å². The first-order chi connectivity index (χ1) is 14.0. The topological polar surface area (TPSA) is 71.5 Å². The first-order valence-electron chi connectivity index (χ1n) is 9.10. The molecule has 146 valence electrons. The van der Waals surface area contributed by atoms with Gasteiger partial charge in [0.05, 0.1) is 0 Å². The van der Waals surface area contributed by atoms with Crippen molar-refractivity contribution in [2.24, 2.45) is 0 Å². The first-order valence-corrected chi connectivity index (χ1v) is 9.10. The summed E-state index contributed by atoms with van der Waals surface area (Å²) in [5.41, 5.74) is 3.82. The van der Waals surface area contributed by atoms with E-state index in [1.807, 2.05) is 60.7 Å². The molecule has 0 fully saturated rings. The van der Waals surface area contributed by atoms with Crippen molar-refractivity contribution >= 4 is 11.7 Å². The standard InChI is InChI=1S/C24H22N2O3/c1-16(2)23(24(27)28)26-17(3)19-9-10-22(29-20-7-5-4-6-8-20)21(15-19)18-11-13-25-14-12-18/h4-15,26H,3H2,1-2H3,(H,27,28). The summed E-state index contributed by atoms with van der Waals surface area (Å²) in [6.07, 6.45) is 3.43. The number of carboxylic acid groups (broad SMARTS) is 1. The summed E-state index contributed by atoms with van der Waals surface area (Å²) < 4.78 is 6.08. The molecule has 0 radical (unpaired) electrons. The van der Waals surface area contributed by atoms with Crippen LogP contribution in [0.1, 0.15) is 19.4 Å². The molecule has 0 saturated heterocycles. The third-order valence-electron chi connectivity index (χ3n) is 4.28. The molecule has 0 spiro atoms. The Labute approximate surface area is 170 Å². The quantitative estimate of drug-likeness (QED) is 0.526. The maximum absolute atomic E-state index is 11.5. The molecule has 0 atom stereocenters. The van der Waals surface area contributed by atoms with Gasteiger partial charge in [-0.2, -0.15) is 0 Å². The average molecular weight is 386 g/mol. The highest BCUT2D eigenvalue weighted by molar-refractivity contribution is 5.89. The minimum absolute atomic E-state index is 0.116. The zero-order chi connectivity index (χ0) is 20.8. The van der Waals surface area contributed by atoms with Crippen molar-refractivity contribution in [3.8, 4) is 22.6 Å². The number of hydrogen-bond acceptors (Lipinski definition) is 4.